The molecular weight excluding hydrogens is 320 g/mol. The normalized spacial score (nSPS) is 19.6. The Hall–Kier alpha value is -2.60. The first kappa shape index (κ1) is 17.2. The van der Waals surface area contributed by atoms with Gasteiger partial charge in [-0.3, -0.25) is 9.59 Å². The molecule has 1 fully saturated rings. The number of hydrogen-bond donors (Lipinski definition) is 2. The van der Waals surface area contributed by atoms with E-state index >= 15 is 0 Å². The molecule has 132 valence electrons. The number of aliphatic hydroxyl groups is 1. The number of carbonyl (C=O) groups is 2. The number of furan rings is 1. The maximum absolute atomic E-state index is 12.5. The second-order valence-corrected chi connectivity index (χ2v) is 6.45. The zero-order chi connectivity index (χ0) is 17.8. The molecule has 0 spiro atoms. The van der Waals surface area contributed by atoms with E-state index in [1.54, 1.807) is 48.3 Å². The van der Waals surface area contributed by atoms with Gasteiger partial charge in [-0.2, -0.15) is 0 Å². The average Bonchev–Trinajstić information content (AvgIpc) is 3.27. The van der Waals surface area contributed by atoms with E-state index in [1.165, 1.54) is 6.26 Å². The Morgan fingerprint density at radius 3 is 2.60 bits per heavy atom. The van der Waals surface area contributed by atoms with Crippen molar-refractivity contribution in [1.82, 2.24) is 4.90 Å². The molecule has 6 nitrogen and oxygen atoms in total. The van der Waals surface area contributed by atoms with Crippen LogP contribution in [0.2, 0.25) is 0 Å². The van der Waals surface area contributed by atoms with Crippen LogP contribution in [-0.2, 0) is 0 Å². The van der Waals surface area contributed by atoms with Crippen LogP contribution in [0.25, 0.3) is 0 Å². The quantitative estimate of drug-likeness (QED) is 0.875. The highest BCUT2D eigenvalue weighted by molar-refractivity contribution is 6.02. The summed E-state index contributed by atoms with van der Waals surface area (Å²) in [5, 5.41) is 12.6. The van der Waals surface area contributed by atoms with E-state index in [4.69, 9.17) is 4.42 Å². The molecule has 1 aromatic heterocycles. The molecule has 1 aliphatic carbocycles. The molecule has 0 radical (unpaired) electrons. The Bertz CT molecular complexity index is 724. The first-order valence-electron chi connectivity index (χ1n) is 8.43. The van der Waals surface area contributed by atoms with Crippen LogP contribution >= 0.6 is 0 Å². The van der Waals surface area contributed by atoms with Gasteiger partial charge in [0, 0.05) is 30.8 Å². The molecule has 6 heteroatoms. The van der Waals surface area contributed by atoms with Crippen molar-refractivity contribution < 1.29 is 19.1 Å². The molecule has 1 saturated carbocycles. The number of amides is 2. The number of rotatable bonds is 5. The Balaban J connectivity index is 1.59. The number of carbonyl (C=O) groups excluding carboxylic acids is 2. The summed E-state index contributed by atoms with van der Waals surface area (Å²) in [5.74, 6) is -0.0461. The smallest absolute Gasteiger partial charge is 0.291 e. The second-order valence-electron chi connectivity index (χ2n) is 6.45. The lowest BCUT2D eigenvalue weighted by Gasteiger charge is -2.23. The molecule has 1 aliphatic rings. The van der Waals surface area contributed by atoms with Gasteiger partial charge in [-0.05, 0) is 49.2 Å². The van der Waals surface area contributed by atoms with Crippen molar-refractivity contribution in [3.05, 3.63) is 54.0 Å². The van der Waals surface area contributed by atoms with Crippen LogP contribution in [0, 0.1) is 5.92 Å². The van der Waals surface area contributed by atoms with E-state index in [0.29, 0.717) is 17.8 Å². The Morgan fingerprint density at radius 2 is 2.00 bits per heavy atom. The van der Waals surface area contributed by atoms with Crippen molar-refractivity contribution >= 4 is 17.5 Å². The van der Waals surface area contributed by atoms with Gasteiger partial charge in [0.25, 0.3) is 11.8 Å². The molecule has 2 N–H and O–H groups in total. The van der Waals surface area contributed by atoms with Crippen LogP contribution in [0.15, 0.2) is 47.1 Å². The number of nitrogens with zero attached hydrogens (tertiary/aromatic N) is 1. The summed E-state index contributed by atoms with van der Waals surface area (Å²) < 4.78 is 5.04. The van der Waals surface area contributed by atoms with E-state index in [1.807, 2.05) is 0 Å². The maximum atomic E-state index is 12.5. The average molecular weight is 342 g/mol. The molecule has 1 heterocycles. The third-order valence-corrected chi connectivity index (χ3v) is 4.61. The van der Waals surface area contributed by atoms with Crippen molar-refractivity contribution in [3.8, 4) is 0 Å². The molecule has 2 aromatic rings. The van der Waals surface area contributed by atoms with Crippen molar-refractivity contribution in [2.75, 3.05) is 18.9 Å². The zero-order valence-electron chi connectivity index (χ0n) is 14.1. The molecular formula is C19H22N2O4. The van der Waals surface area contributed by atoms with Gasteiger partial charge in [-0.15, -0.1) is 0 Å². The summed E-state index contributed by atoms with van der Waals surface area (Å²) in [6.45, 7) is 0.553. The SMILES string of the molecule is CN(CC1CCCC1O)C(=O)c1ccc(NC(=O)c2ccco2)cc1. The number of anilines is 1. The molecule has 2 atom stereocenters. The fourth-order valence-corrected chi connectivity index (χ4v) is 3.18. The van der Waals surface area contributed by atoms with E-state index in [0.717, 1.165) is 19.3 Å². The van der Waals surface area contributed by atoms with Crippen LogP contribution in [-0.4, -0.2) is 41.5 Å². The molecule has 0 bridgehead atoms. The number of nitrogens with one attached hydrogen (secondary N) is 1. The van der Waals surface area contributed by atoms with Gasteiger partial charge >= 0.3 is 0 Å². The molecule has 2 unspecified atom stereocenters. The summed E-state index contributed by atoms with van der Waals surface area (Å²) in [5.41, 5.74) is 1.14. The van der Waals surface area contributed by atoms with Crippen molar-refractivity contribution in [3.63, 3.8) is 0 Å². The zero-order valence-corrected chi connectivity index (χ0v) is 14.1. The molecule has 2 amide bonds. The van der Waals surface area contributed by atoms with Crippen LogP contribution in [0.4, 0.5) is 5.69 Å². The highest BCUT2D eigenvalue weighted by Crippen LogP contribution is 2.26. The van der Waals surface area contributed by atoms with Crippen molar-refractivity contribution in [2.45, 2.75) is 25.4 Å². The molecule has 25 heavy (non-hydrogen) atoms. The summed E-state index contributed by atoms with van der Waals surface area (Å²) in [6, 6.07) is 9.97. The predicted octanol–water partition coefficient (Wildman–Crippen LogP) is 2.76. The lowest BCUT2D eigenvalue weighted by Crippen LogP contribution is -2.34. The minimum atomic E-state index is -0.337. The third-order valence-electron chi connectivity index (χ3n) is 4.61. The largest absolute Gasteiger partial charge is 0.459 e. The number of hydrogen-bond acceptors (Lipinski definition) is 4. The lowest BCUT2D eigenvalue weighted by molar-refractivity contribution is 0.0693. The van der Waals surface area contributed by atoms with E-state index in [-0.39, 0.29) is 29.6 Å². The van der Waals surface area contributed by atoms with E-state index in [9.17, 15) is 14.7 Å². The molecule has 0 aliphatic heterocycles. The summed E-state index contributed by atoms with van der Waals surface area (Å²) in [4.78, 5) is 26.1. The van der Waals surface area contributed by atoms with Crippen LogP contribution in [0.1, 0.15) is 40.2 Å². The van der Waals surface area contributed by atoms with Gasteiger partial charge in [-0.25, -0.2) is 0 Å². The first-order chi connectivity index (χ1) is 12.0. The van der Waals surface area contributed by atoms with Crippen molar-refractivity contribution in [2.24, 2.45) is 5.92 Å². The lowest BCUT2D eigenvalue weighted by atomic mass is 10.1. The van der Waals surface area contributed by atoms with Gasteiger partial charge in [-0.1, -0.05) is 6.42 Å². The number of aliphatic hydroxyl groups excluding tert-OH is 1. The highest BCUT2D eigenvalue weighted by atomic mass is 16.3. The minimum Gasteiger partial charge on any atom is -0.459 e. The van der Waals surface area contributed by atoms with Crippen LogP contribution in [0.3, 0.4) is 0 Å². The van der Waals surface area contributed by atoms with Gasteiger partial charge in [0.1, 0.15) is 0 Å². The van der Waals surface area contributed by atoms with E-state index in [2.05, 4.69) is 5.32 Å². The first-order valence-corrected chi connectivity index (χ1v) is 8.43. The van der Waals surface area contributed by atoms with Gasteiger partial charge in [0.2, 0.25) is 0 Å². The summed E-state index contributed by atoms with van der Waals surface area (Å²) >= 11 is 0. The summed E-state index contributed by atoms with van der Waals surface area (Å²) in [7, 11) is 1.75. The fourth-order valence-electron chi connectivity index (χ4n) is 3.18. The predicted molar refractivity (Wildman–Crippen MR) is 93.4 cm³/mol. The third kappa shape index (κ3) is 4.09. The molecule has 3 rings (SSSR count). The van der Waals surface area contributed by atoms with Crippen molar-refractivity contribution in [1.29, 1.82) is 0 Å². The second kappa shape index (κ2) is 7.53. The monoisotopic (exact) mass is 342 g/mol. The standard InChI is InChI=1S/C19H22N2O4/c1-21(12-14-4-2-5-16(14)22)19(24)13-7-9-15(10-8-13)20-18(23)17-6-3-11-25-17/h3,6-11,14,16,22H,2,4-5,12H2,1H3,(H,20,23). The molecule has 0 saturated heterocycles. The Morgan fingerprint density at radius 1 is 1.24 bits per heavy atom. The van der Waals surface area contributed by atoms with Gasteiger partial charge in [0.05, 0.1) is 12.4 Å². The number of benzene rings is 1. The Labute approximate surface area is 146 Å². The van der Waals surface area contributed by atoms with Gasteiger partial charge in [0.15, 0.2) is 5.76 Å². The molecule has 1 aromatic carbocycles. The fraction of sp³-hybridized carbons (Fsp3) is 0.368. The summed E-state index contributed by atoms with van der Waals surface area (Å²) in [6.07, 6.45) is 3.91. The minimum absolute atomic E-state index is 0.0944. The van der Waals surface area contributed by atoms with Crippen LogP contribution < -0.4 is 5.32 Å². The van der Waals surface area contributed by atoms with Crippen LogP contribution in [0.5, 0.6) is 0 Å². The highest BCUT2D eigenvalue weighted by Gasteiger charge is 2.27. The topological polar surface area (TPSA) is 82.8 Å². The Kier molecular flexibility index (Phi) is 5.19. The van der Waals surface area contributed by atoms with E-state index < -0.39 is 0 Å². The van der Waals surface area contributed by atoms with Gasteiger partial charge < -0.3 is 19.7 Å². The maximum Gasteiger partial charge on any atom is 0.291 e.